The number of anilines is 2. The van der Waals surface area contributed by atoms with Gasteiger partial charge >= 0.3 is 0 Å². The van der Waals surface area contributed by atoms with E-state index in [2.05, 4.69) is 16.0 Å². The molecule has 5 nitrogen and oxygen atoms in total. The number of rotatable bonds is 7. The van der Waals surface area contributed by atoms with Crippen molar-refractivity contribution in [1.29, 1.82) is 0 Å². The van der Waals surface area contributed by atoms with Gasteiger partial charge in [0.15, 0.2) is 0 Å². The number of carbonyl (C=O) groups excluding carboxylic acids is 2. The van der Waals surface area contributed by atoms with Crippen molar-refractivity contribution in [2.24, 2.45) is 0 Å². The van der Waals surface area contributed by atoms with Crippen molar-refractivity contribution < 1.29 is 14.0 Å². The third-order valence-electron chi connectivity index (χ3n) is 3.70. The SMILES string of the molecule is CCC(C)NC(=O)c1cccc(NC(=O)CNc2ccc(F)cc2)c1. The fraction of sp³-hybridized carbons (Fsp3) is 0.263. The lowest BCUT2D eigenvalue weighted by Crippen LogP contribution is -2.32. The Bertz CT molecular complexity index is 732. The van der Waals surface area contributed by atoms with E-state index in [9.17, 15) is 14.0 Å². The summed E-state index contributed by atoms with van der Waals surface area (Å²) in [6.07, 6.45) is 0.844. The summed E-state index contributed by atoms with van der Waals surface area (Å²) >= 11 is 0. The average Bonchev–Trinajstić information content (AvgIpc) is 2.61. The molecule has 0 heterocycles. The van der Waals surface area contributed by atoms with E-state index >= 15 is 0 Å². The zero-order valence-corrected chi connectivity index (χ0v) is 14.3. The largest absolute Gasteiger partial charge is 0.376 e. The summed E-state index contributed by atoms with van der Waals surface area (Å²) in [5.41, 5.74) is 1.69. The molecular weight excluding hydrogens is 321 g/mol. The summed E-state index contributed by atoms with van der Waals surface area (Å²) in [7, 11) is 0. The van der Waals surface area contributed by atoms with Crippen LogP contribution in [0.3, 0.4) is 0 Å². The van der Waals surface area contributed by atoms with Crippen LogP contribution >= 0.6 is 0 Å². The second-order valence-electron chi connectivity index (χ2n) is 5.77. The summed E-state index contributed by atoms with van der Waals surface area (Å²) in [5.74, 6) is -0.763. The highest BCUT2D eigenvalue weighted by Gasteiger charge is 2.10. The van der Waals surface area contributed by atoms with E-state index in [1.807, 2.05) is 13.8 Å². The summed E-state index contributed by atoms with van der Waals surface area (Å²) in [5, 5.41) is 8.52. The van der Waals surface area contributed by atoms with Crippen LogP contribution in [0.5, 0.6) is 0 Å². The Morgan fingerprint density at radius 1 is 1.08 bits per heavy atom. The van der Waals surface area contributed by atoms with E-state index in [-0.39, 0.29) is 30.2 Å². The van der Waals surface area contributed by atoms with Crippen LogP contribution in [0, 0.1) is 5.82 Å². The number of halogens is 1. The molecule has 0 spiro atoms. The first-order chi connectivity index (χ1) is 12.0. The molecule has 0 aliphatic heterocycles. The highest BCUT2D eigenvalue weighted by molar-refractivity contribution is 5.98. The Balaban J connectivity index is 1.91. The van der Waals surface area contributed by atoms with Crippen LogP contribution in [0.4, 0.5) is 15.8 Å². The quantitative estimate of drug-likeness (QED) is 0.721. The molecule has 2 amide bonds. The van der Waals surface area contributed by atoms with E-state index < -0.39 is 0 Å². The summed E-state index contributed by atoms with van der Waals surface area (Å²) in [4.78, 5) is 24.1. The number of nitrogens with one attached hydrogen (secondary N) is 3. The van der Waals surface area contributed by atoms with Gasteiger partial charge in [-0.1, -0.05) is 13.0 Å². The van der Waals surface area contributed by atoms with E-state index in [0.29, 0.717) is 16.9 Å². The normalized spacial score (nSPS) is 11.5. The van der Waals surface area contributed by atoms with Gasteiger partial charge in [-0.15, -0.1) is 0 Å². The Morgan fingerprint density at radius 2 is 1.80 bits per heavy atom. The maximum Gasteiger partial charge on any atom is 0.251 e. The summed E-state index contributed by atoms with van der Waals surface area (Å²) in [6, 6.07) is 12.6. The van der Waals surface area contributed by atoms with Gasteiger partial charge in [-0.2, -0.15) is 0 Å². The highest BCUT2D eigenvalue weighted by Crippen LogP contribution is 2.12. The predicted molar refractivity (Wildman–Crippen MR) is 97.2 cm³/mol. The zero-order chi connectivity index (χ0) is 18.2. The minimum atomic E-state index is -0.331. The molecular formula is C19H22FN3O2. The van der Waals surface area contributed by atoms with E-state index in [4.69, 9.17) is 0 Å². The van der Waals surface area contributed by atoms with E-state index in [0.717, 1.165) is 6.42 Å². The fourth-order valence-corrected chi connectivity index (χ4v) is 2.10. The Morgan fingerprint density at radius 3 is 2.48 bits per heavy atom. The Labute approximate surface area is 146 Å². The van der Waals surface area contributed by atoms with Gasteiger partial charge in [0.25, 0.3) is 5.91 Å². The van der Waals surface area contributed by atoms with Gasteiger partial charge in [-0.25, -0.2) is 4.39 Å². The first-order valence-corrected chi connectivity index (χ1v) is 8.18. The lowest BCUT2D eigenvalue weighted by atomic mass is 10.1. The van der Waals surface area contributed by atoms with E-state index in [1.165, 1.54) is 12.1 Å². The first-order valence-electron chi connectivity index (χ1n) is 8.18. The van der Waals surface area contributed by atoms with Crippen molar-refractivity contribution in [3.8, 4) is 0 Å². The zero-order valence-electron chi connectivity index (χ0n) is 14.3. The average molecular weight is 343 g/mol. The standard InChI is InChI=1S/C19H22FN3O2/c1-3-13(2)22-19(25)14-5-4-6-17(11-14)23-18(24)12-21-16-9-7-15(20)8-10-16/h4-11,13,21H,3,12H2,1-2H3,(H,22,25)(H,23,24). The maximum atomic E-state index is 12.8. The molecule has 25 heavy (non-hydrogen) atoms. The number of carbonyl (C=O) groups is 2. The maximum absolute atomic E-state index is 12.8. The van der Waals surface area contributed by atoms with Crippen LogP contribution in [-0.4, -0.2) is 24.4 Å². The van der Waals surface area contributed by atoms with Crippen molar-refractivity contribution in [1.82, 2.24) is 5.32 Å². The van der Waals surface area contributed by atoms with Gasteiger partial charge in [0.2, 0.25) is 5.91 Å². The number of benzene rings is 2. The lowest BCUT2D eigenvalue weighted by Gasteiger charge is -2.12. The molecule has 2 aromatic rings. The van der Waals surface area contributed by atoms with Crippen molar-refractivity contribution in [3.05, 3.63) is 59.9 Å². The Hall–Kier alpha value is -2.89. The van der Waals surface area contributed by atoms with Crippen molar-refractivity contribution in [3.63, 3.8) is 0 Å². The lowest BCUT2D eigenvalue weighted by molar-refractivity contribution is -0.114. The third kappa shape index (κ3) is 5.91. The number of amides is 2. The molecule has 0 radical (unpaired) electrons. The molecule has 1 unspecified atom stereocenters. The summed E-state index contributed by atoms with van der Waals surface area (Å²) < 4.78 is 12.8. The van der Waals surface area contributed by atoms with Gasteiger partial charge in [0.1, 0.15) is 5.82 Å². The van der Waals surface area contributed by atoms with Gasteiger partial charge in [0, 0.05) is 23.0 Å². The third-order valence-corrected chi connectivity index (χ3v) is 3.70. The van der Waals surface area contributed by atoms with Gasteiger partial charge in [0.05, 0.1) is 6.54 Å². The molecule has 0 saturated heterocycles. The van der Waals surface area contributed by atoms with Crippen LogP contribution in [0.1, 0.15) is 30.6 Å². The van der Waals surface area contributed by atoms with Gasteiger partial charge < -0.3 is 16.0 Å². The van der Waals surface area contributed by atoms with Crippen LogP contribution in [-0.2, 0) is 4.79 Å². The molecule has 2 rings (SSSR count). The minimum absolute atomic E-state index is 0.0366. The molecule has 1 atom stereocenters. The number of hydrogen-bond donors (Lipinski definition) is 3. The smallest absolute Gasteiger partial charge is 0.251 e. The topological polar surface area (TPSA) is 70.2 Å². The molecule has 0 aliphatic rings. The molecule has 2 aromatic carbocycles. The summed E-state index contributed by atoms with van der Waals surface area (Å²) in [6.45, 7) is 3.97. The van der Waals surface area contributed by atoms with Crippen LogP contribution in [0.25, 0.3) is 0 Å². The van der Waals surface area contributed by atoms with Crippen molar-refractivity contribution in [2.75, 3.05) is 17.2 Å². The first kappa shape index (κ1) is 18.4. The minimum Gasteiger partial charge on any atom is -0.376 e. The fourth-order valence-electron chi connectivity index (χ4n) is 2.10. The molecule has 0 aromatic heterocycles. The highest BCUT2D eigenvalue weighted by atomic mass is 19.1. The van der Waals surface area contributed by atoms with E-state index in [1.54, 1.807) is 36.4 Å². The second-order valence-corrected chi connectivity index (χ2v) is 5.77. The van der Waals surface area contributed by atoms with Crippen LogP contribution in [0.2, 0.25) is 0 Å². The van der Waals surface area contributed by atoms with Gasteiger partial charge in [-0.05, 0) is 55.8 Å². The number of hydrogen-bond acceptors (Lipinski definition) is 3. The molecule has 0 aliphatic carbocycles. The van der Waals surface area contributed by atoms with Gasteiger partial charge in [-0.3, -0.25) is 9.59 Å². The monoisotopic (exact) mass is 343 g/mol. The molecule has 132 valence electrons. The molecule has 0 bridgehead atoms. The Kier molecular flexibility index (Phi) is 6.51. The molecule has 0 saturated carbocycles. The predicted octanol–water partition coefficient (Wildman–Crippen LogP) is 3.40. The molecule has 3 N–H and O–H groups in total. The van der Waals surface area contributed by atoms with Crippen molar-refractivity contribution >= 4 is 23.2 Å². The molecule has 6 heteroatoms. The van der Waals surface area contributed by atoms with Crippen LogP contribution in [0.15, 0.2) is 48.5 Å². The van der Waals surface area contributed by atoms with Crippen LogP contribution < -0.4 is 16.0 Å². The van der Waals surface area contributed by atoms with Crippen molar-refractivity contribution in [2.45, 2.75) is 26.3 Å². The second kappa shape index (κ2) is 8.82. The molecule has 0 fully saturated rings.